The maximum Gasteiger partial charge on any atom is 0.256 e. The molecule has 24 heavy (non-hydrogen) atoms. The van der Waals surface area contributed by atoms with E-state index in [1.807, 2.05) is 68.1 Å². The van der Waals surface area contributed by atoms with Gasteiger partial charge in [-0.15, -0.1) is 0 Å². The Labute approximate surface area is 141 Å². The van der Waals surface area contributed by atoms with E-state index < -0.39 is 0 Å². The number of hydrogen-bond acceptors (Lipinski definition) is 2. The molecule has 1 amide bonds. The lowest BCUT2D eigenvalue weighted by Crippen LogP contribution is -2.32. The van der Waals surface area contributed by atoms with Crippen molar-refractivity contribution >= 4 is 5.91 Å². The minimum atomic E-state index is -0.105. The Morgan fingerprint density at radius 2 is 2.00 bits per heavy atom. The summed E-state index contributed by atoms with van der Waals surface area (Å²) in [6, 6.07) is 12.1. The fraction of sp³-hybridized carbons (Fsp3) is 0.263. The van der Waals surface area contributed by atoms with Gasteiger partial charge in [-0.05, 0) is 50.1 Å². The summed E-state index contributed by atoms with van der Waals surface area (Å²) in [4.78, 5) is 12.7. The molecule has 1 unspecified atom stereocenters. The molecule has 5 heteroatoms. The van der Waals surface area contributed by atoms with E-state index in [0.717, 1.165) is 23.5 Å². The van der Waals surface area contributed by atoms with Gasteiger partial charge in [-0.3, -0.25) is 4.79 Å². The Kier molecular flexibility index (Phi) is 4.51. The highest BCUT2D eigenvalue weighted by Gasteiger charge is 2.20. The molecule has 3 aromatic rings. The van der Waals surface area contributed by atoms with Crippen LogP contribution in [0.4, 0.5) is 0 Å². The predicted octanol–water partition coefficient (Wildman–Crippen LogP) is 3.50. The third-order valence-corrected chi connectivity index (χ3v) is 4.07. The summed E-state index contributed by atoms with van der Waals surface area (Å²) in [5, 5.41) is 7.49. The molecular weight excluding hydrogens is 300 g/mol. The third kappa shape index (κ3) is 3.11. The second kappa shape index (κ2) is 6.74. The first-order valence-corrected chi connectivity index (χ1v) is 8.19. The molecule has 1 atom stereocenters. The van der Waals surface area contributed by atoms with Crippen LogP contribution >= 0.6 is 0 Å². The lowest BCUT2D eigenvalue weighted by atomic mass is 10.2. The second-order valence-electron chi connectivity index (χ2n) is 6.01. The van der Waals surface area contributed by atoms with Gasteiger partial charge in [-0.1, -0.05) is 19.1 Å². The van der Waals surface area contributed by atoms with E-state index in [4.69, 9.17) is 0 Å². The van der Waals surface area contributed by atoms with Crippen molar-refractivity contribution < 1.29 is 4.79 Å². The van der Waals surface area contributed by atoms with Gasteiger partial charge in [0.1, 0.15) is 5.56 Å². The van der Waals surface area contributed by atoms with Gasteiger partial charge in [0.05, 0.1) is 11.9 Å². The molecule has 2 aromatic heterocycles. The van der Waals surface area contributed by atoms with Crippen molar-refractivity contribution in [3.05, 3.63) is 66.1 Å². The van der Waals surface area contributed by atoms with Crippen LogP contribution in [-0.2, 0) is 0 Å². The van der Waals surface area contributed by atoms with E-state index >= 15 is 0 Å². The van der Waals surface area contributed by atoms with Crippen LogP contribution in [0.2, 0.25) is 0 Å². The lowest BCUT2D eigenvalue weighted by molar-refractivity contribution is 0.0939. The van der Waals surface area contributed by atoms with Crippen molar-refractivity contribution in [1.29, 1.82) is 0 Å². The summed E-state index contributed by atoms with van der Waals surface area (Å²) >= 11 is 0. The first kappa shape index (κ1) is 16.1. The zero-order valence-electron chi connectivity index (χ0n) is 14.2. The smallest absolute Gasteiger partial charge is 0.256 e. The van der Waals surface area contributed by atoms with Gasteiger partial charge < -0.3 is 9.88 Å². The molecule has 5 nitrogen and oxygen atoms in total. The average Bonchev–Trinajstić information content (AvgIpc) is 3.23. The minimum absolute atomic E-state index is 0.105. The highest BCUT2D eigenvalue weighted by Crippen LogP contribution is 2.20. The average molecular weight is 322 g/mol. The van der Waals surface area contributed by atoms with Crippen LogP contribution in [0.5, 0.6) is 0 Å². The van der Waals surface area contributed by atoms with Crippen molar-refractivity contribution in [2.24, 2.45) is 0 Å². The summed E-state index contributed by atoms with van der Waals surface area (Å²) in [6.45, 7) is 6.09. The summed E-state index contributed by atoms with van der Waals surface area (Å²) in [6.07, 6.45) is 6.36. The number of nitrogens with one attached hydrogen (secondary N) is 1. The molecule has 0 bridgehead atoms. The molecular formula is C19H22N4O. The van der Waals surface area contributed by atoms with Gasteiger partial charge in [0.2, 0.25) is 0 Å². The number of hydrogen-bond donors (Lipinski definition) is 1. The molecule has 0 aliphatic heterocycles. The van der Waals surface area contributed by atoms with Gasteiger partial charge in [-0.2, -0.15) is 5.10 Å². The zero-order chi connectivity index (χ0) is 17.1. The van der Waals surface area contributed by atoms with Gasteiger partial charge in [0, 0.05) is 18.4 Å². The van der Waals surface area contributed by atoms with Gasteiger partial charge in [-0.25, -0.2) is 4.68 Å². The summed E-state index contributed by atoms with van der Waals surface area (Å²) < 4.78 is 3.72. The predicted molar refractivity (Wildman–Crippen MR) is 94.8 cm³/mol. The molecule has 0 radical (unpaired) electrons. The molecule has 0 saturated heterocycles. The van der Waals surface area contributed by atoms with Gasteiger partial charge >= 0.3 is 0 Å². The number of amides is 1. The lowest BCUT2D eigenvalue weighted by Gasteiger charge is -2.14. The summed E-state index contributed by atoms with van der Waals surface area (Å²) in [5.41, 5.74) is 2.64. The number of rotatable bonds is 5. The normalized spacial score (nSPS) is 12.1. The van der Waals surface area contributed by atoms with Crippen LogP contribution in [0.15, 0.2) is 55.0 Å². The number of aryl methyl sites for hydroxylation is 1. The molecule has 2 heterocycles. The standard InChI is InChI=1S/C19H22N4O/c1-4-15(3)21-18(24)17-13-20-23(16-9-7-8-14(2)12-16)19(17)22-10-5-6-11-22/h5-13,15H,4H2,1-3H3,(H,21,24). The van der Waals surface area contributed by atoms with Crippen molar-refractivity contribution in [1.82, 2.24) is 19.7 Å². The Morgan fingerprint density at radius 3 is 2.67 bits per heavy atom. The summed E-state index contributed by atoms with van der Waals surface area (Å²) in [5.74, 6) is 0.637. The van der Waals surface area contributed by atoms with Crippen molar-refractivity contribution in [2.75, 3.05) is 0 Å². The van der Waals surface area contributed by atoms with E-state index in [2.05, 4.69) is 16.5 Å². The fourth-order valence-corrected chi connectivity index (χ4v) is 2.58. The van der Waals surface area contributed by atoms with E-state index in [1.165, 1.54) is 0 Å². The number of benzene rings is 1. The van der Waals surface area contributed by atoms with Crippen LogP contribution in [0, 0.1) is 6.92 Å². The van der Waals surface area contributed by atoms with Crippen LogP contribution in [0.3, 0.4) is 0 Å². The molecule has 0 saturated carbocycles. The molecule has 3 rings (SSSR count). The van der Waals surface area contributed by atoms with Gasteiger partial charge in [0.15, 0.2) is 5.82 Å². The molecule has 0 spiro atoms. The maximum absolute atomic E-state index is 12.7. The Bertz CT molecular complexity index is 833. The topological polar surface area (TPSA) is 51.9 Å². The number of aromatic nitrogens is 3. The second-order valence-corrected chi connectivity index (χ2v) is 6.01. The Morgan fingerprint density at radius 1 is 1.25 bits per heavy atom. The van der Waals surface area contributed by atoms with Crippen LogP contribution < -0.4 is 5.32 Å². The van der Waals surface area contributed by atoms with E-state index in [0.29, 0.717) is 5.56 Å². The first-order valence-electron chi connectivity index (χ1n) is 8.19. The monoisotopic (exact) mass is 322 g/mol. The fourth-order valence-electron chi connectivity index (χ4n) is 2.58. The van der Waals surface area contributed by atoms with Gasteiger partial charge in [0.25, 0.3) is 5.91 Å². The van der Waals surface area contributed by atoms with E-state index in [-0.39, 0.29) is 11.9 Å². The highest BCUT2D eigenvalue weighted by atomic mass is 16.1. The number of carbonyl (C=O) groups excluding carboxylic acids is 1. The van der Waals surface area contributed by atoms with E-state index in [9.17, 15) is 4.79 Å². The van der Waals surface area contributed by atoms with Crippen molar-refractivity contribution in [3.63, 3.8) is 0 Å². The molecule has 0 aliphatic carbocycles. The molecule has 124 valence electrons. The molecule has 0 aliphatic rings. The number of carbonyl (C=O) groups is 1. The largest absolute Gasteiger partial charge is 0.349 e. The highest BCUT2D eigenvalue weighted by molar-refractivity contribution is 5.97. The van der Waals surface area contributed by atoms with Crippen LogP contribution in [-0.4, -0.2) is 26.3 Å². The van der Waals surface area contributed by atoms with E-state index in [1.54, 1.807) is 10.9 Å². The Hall–Kier alpha value is -2.82. The maximum atomic E-state index is 12.7. The quantitative estimate of drug-likeness (QED) is 0.781. The molecule has 0 fully saturated rings. The third-order valence-electron chi connectivity index (χ3n) is 4.07. The minimum Gasteiger partial charge on any atom is -0.349 e. The number of nitrogens with zero attached hydrogens (tertiary/aromatic N) is 3. The zero-order valence-corrected chi connectivity index (χ0v) is 14.2. The summed E-state index contributed by atoms with van der Waals surface area (Å²) in [7, 11) is 0. The SMILES string of the molecule is CCC(C)NC(=O)c1cnn(-c2cccc(C)c2)c1-n1cccc1. The Balaban J connectivity index is 2.10. The first-order chi connectivity index (χ1) is 11.6. The molecule has 1 aromatic carbocycles. The molecule has 1 N–H and O–H groups in total. The van der Waals surface area contributed by atoms with Crippen LogP contribution in [0.1, 0.15) is 36.2 Å². The van der Waals surface area contributed by atoms with Crippen molar-refractivity contribution in [2.45, 2.75) is 33.2 Å². The van der Waals surface area contributed by atoms with Crippen molar-refractivity contribution in [3.8, 4) is 11.5 Å². The van der Waals surface area contributed by atoms with Crippen LogP contribution in [0.25, 0.3) is 11.5 Å².